The van der Waals surface area contributed by atoms with Gasteiger partial charge in [-0.2, -0.15) is 0 Å². The Morgan fingerprint density at radius 1 is 0.733 bits per heavy atom. The average Bonchev–Trinajstić information content (AvgIpc) is 3.36. The standard InChI is InChI=1S/C28H25N2/c1-2-3-4-5-11-19-13-10-15-22-26-21-14-7-9-17-24(21)30-23-16-8-6-12-20(23)18-25(30)28(26)29-27(19)22/h6-10,12-18H,2-5,11H2,1H3. The summed E-state index contributed by atoms with van der Waals surface area (Å²) in [6, 6.07) is 26.5. The number of rotatable bonds is 5. The van der Waals surface area contributed by atoms with Crippen molar-refractivity contribution in [3.05, 3.63) is 78.4 Å². The molecule has 1 aliphatic rings. The van der Waals surface area contributed by atoms with Crippen molar-refractivity contribution in [1.82, 2.24) is 9.72 Å². The summed E-state index contributed by atoms with van der Waals surface area (Å²) in [6.07, 6.45) is 6.23. The smallest absolute Gasteiger partial charge is 0.0963 e. The zero-order valence-electron chi connectivity index (χ0n) is 17.4. The molecule has 0 spiro atoms. The van der Waals surface area contributed by atoms with Gasteiger partial charge >= 0.3 is 0 Å². The van der Waals surface area contributed by atoms with Gasteiger partial charge in [-0.25, -0.2) is 5.32 Å². The molecule has 1 aliphatic heterocycles. The predicted octanol–water partition coefficient (Wildman–Crippen LogP) is 7.92. The first-order valence-electron chi connectivity index (χ1n) is 11.2. The van der Waals surface area contributed by atoms with Crippen molar-refractivity contribution in [1.29, 1.82) is 0 Å². The molecule has 1 radical (unpaired) electrons. The molecule has 0 N–H and O–H groups in total. The number of aryl methyl sites for hydroxylation is 1. The fraction of sp³-hybridized carbons (Fsp3) is 0.214. The molecule has 6 rings (SSSR count). The van der Waals surface area contributed by atoms with E-state index in [2.05, 4.69) is 84.1 Å². The number of unbranched alkanes of at least 4 members (excludes halogenated alkanes) is 3. The zero-order valence-corrected chi connectivity index (χ0v) is 17.4. The predicted molar refractivity (Wildman–Crippen MR) is 127 cm³/mol. The van der Waals surface area contributed by atoms with E-state index in [-0.39, 0.29) is 0 Å². The average molecular weight is 390 g/mol. The SMILES string of the molecule is CCCCCCc1cccc2c1[N]c1c-2c2ccccc2n2c1cc1ccccc12. The van der Waals surface area contributed by atoms with Crippen molar-refractivity contribution < 1.29 is 0 Å². The van der Waals surface area contributed by atoms with Crippen molar-refractivity contribution in [2.45, 2.75) is 39.0 Å². The molecule has 0 amide bonds. The molecule has 3 heterocycles. The van der Waals surface area contributed by atoms with E-state index in [9.17, 15) is 0 Å². The summed E-state index contributed by atoms with van der Waals surface area (Å²) >= 11 is 0. The second-order valence-electron chi connectivity index (χ2n) is 8.40. The first kappa shape index (κ1) is 17.6. The Hall–Kier alpha value is -3.26. The van der Waals surface area contributed by atoms with E-state index in [0.29, 0.717) is 0 Å². The molecule has 2 aromatic heterocycles. The second kappa shape index (κ2) is 6.91. The van der Waals surface area contributed by atoms with Crippen LogP contribution < -0.4 is 5.32 Å². The fourth-order valence-electron chi connectivity index (χ4n) is 5.09. The molecule has 5 aromatic rings. The summed E-state index contributed by atoms with van der Waals surface area (Å²) in [5, 5.41) is 7.82. The van der Waals surface area contributed by atoms with E-state index in [1.54, 1.807) is 0 Å². The maximum Gasteiger partial charge on any atom is 0.0963 e. The first-order valence-corrected chi connectivity index (χ1v) is 11.2. The Balaban J connectivity index is 1.60. The second-order valence-corrected chi connectivity index (χ2v) is 8.40. The van der Waals surface area contributed by atoms with Crippen LogP contribution in [0.2, 0.25) is 0 Å². The van der Waals surface area contributed by atoms with Crippen molar-refractivity contribution in [3.8, 4) is 11.1 Å². The van der Waals surface area contributed by atoms with E-state index in [0.717, 1.165) is 12.1 Å². The third kappa shape index (κ3) is 2.50. The van der Waals surface area contributed by atoms with Crippen LogP contribution in [0, 0.1) is 0 Å². The lowest BCUT2D eigenvalue weighted by atomic mass is 9.97. The van der Waals surface area contributed by atoms with Crippen LogP contribution in [0.5, 0.6) is 0 Å². The quantitative estimate of drug-likeness (QED) is 0.267. The minimum atomic E-state index is 1.11. The Morgan fingerprint density at radius 3 is 2.47 bits per heavy atom. The highest BCUT2D eigenvalue weighted by molar-refractivity contribution is 6.14. The van der Waals surface area contributed by atoms with E-state index >= 15 is 0 Å². The molecule has 2 nitrogen and oxygen atoms in total. The Labute approximate surface area is 177 Å². The van der Waals surface area contributed by atoms with Crippen LogP contribution in [0.3, 0.4) is 0 Å². The number of nitrogens with zero attached hydrogens (tertiary/aromatic N) is 2. The summed E-state index contributed by atoms with van der Waals surface area (Å²) in [5.41, 5.74) is 10.00. The molecule has 0 saturated carbocycles. The molecule has 30 heavy (non-hydrogen) atoms. The first-order chi connectivity index (χ1) is 14.9. The topological polar surface area (TPSA) is 18.5 Å². The van der Waals surface area contributed by atoms with Crippen LogP contribution in [0.1, 0.15) is 38.2 Å². The lowest BCUT2D eigenvalue weighted by molar-refractivity contribution is 0.666. The maximum atomic E-state index is 5.27. The summed E-state index contributed by atoms with van der Waals surface area (Å²) in [6.45, 7) is 2.27. The van der Waals surface area contributed by atoms with Gasteiger partial charge in [0.2, 0.25) is 0 Å². The Bertz CT molecular complexity index is 1410. The summed E-state index contributed by atoms with van der Waals surface area (Å²) in [5.74, 6) is 0. The lowest BCUT2D eigenvalue weighted by Crippen LogP contribution is -1.94. The van der Waals surface area contributed by atoms with Gasteiger partial charge in [0.05, 0.1) is 27.9 Å². The highest BCUT2D eigenvalue weighted by Gasteiger charge is 2.28. The molecule has 2 heteroatoms. The third-order valence-corrected chi connectivity index (χ3v) is 6.52. The van der Waals surface area contributed by atoms with E-state index < -0.39 is 0 Å². The van der Waals surface area contributed by atoms with E-state index in [1.165, 1.54) is 75.4 Å². The van der Waals surface area contributed by atoms with E-state index in [4.69, 9.17) is 5.32 Å². The molecule has 0 unspecified atom stereocenters. The molecule has 0 bridgehead atoms. The number of para-hydroxylation sites is 3. The van der Waals surface area contributed by atoms with E-state index in [1.807, 2.05) is 0 Å². The molecule has 3 aromatic carbocycles. The van der Waals surface area contributed by atoms with Gasteiger partial charge in [-0.05, 0) is 36.6 Å². The van der Waals surface area contributed by atoms with Crippen molar-refractivity contribution in [2.24, 2.45) is 0 Å². The van der Waals surface area contributed by atoms with Gasteiger partial charge in [-0.15, -0.1) is 0 Å². The van der Waals surface area contributed by atoms with Gasteiger partial charge in [0.1, 0.15) is 0 Å². The number of benzene rings is 3. The van der Waals surface area contributed by atoms with Crippen LogP contribution in [-0.2, 0) is 6.42 Å². The van der Waals surface area contributed by atoms with Crippen molar-refractivity contribution in [2.75, 3.05) is 0 Å². The monoisotopic (exact) mass is 389 g/mol. The van der Waals surface area contributed by atoms with Gasteiger partial charge in [0, 0.05) is 21.9 Å². The van der Waals surface area contributed by atoms with Gasteiger partial charge in [-0.1, -0.05) is 80.8 Å². The van der Waals surface area contributed by atoms with Crippen LogP contribution in [0.15, 0.2) is 72.8 Å². The van der Waals surface area contributed by atoms with Crippen LogP contribution in [-0.4, -0.2) is 4.40 Å². The molecular formula is C28H25N2. The van der Waals surface area contributed by atoms with Crippen molar-refractivity contribution >= 4 is 38.7 Å². The fourth-order valence-corrected chi connectivity index (χ4v) is 5.09. The molecule has 0 atom stereocenters. The lowest BCUT2D eigenvalue weighted by Gasteiger charge is -2.10. The molecule has 0 saturated heterocycles. The minimum absolute atomic E-state index is 1.11. The Kier molecular flexibility index (Phi) is 4.05. The number of hydrogen-bond donors (Lipinski definition) is 0. The molecule has 0 fully saturated rings. The third-order valence-electron chi connectivity index (χ3n) is 6.52. The van der Waals surface area contributed by atoms with Crippen molar-refractivity contribution in [3.63, 3.8) is 0 Å². The van der Waals surface area contributed by atoms with Gasteiger partial charge < -0.3 is 4.40 Å². The van der Waals surface area contributed by atoms with Gasteiger partial charge in [-0.3, -0.25) is 0 Å². The number of aromatic nitrogens is 1. The molecule has 0 aliphatic carbocycles. The van der Waals surface area contributed by atoms with Gasteiger partial charge in [0.25, 0.3) is 0 Å². The maximum absolute atomic E-state index is 5.27. The minimum Gasteiger partial charge on any atom is -0.307 e. The van der Waals surface area contributed by atoms with Crippen LogP contribution in [0.4, 0.5) is 11.4 Å². The number of fused-ring (bicyclic) bond motifs is 10. The number of pyridine rings is 1. The molecule has 147 valence electrons. The summed E-state index contributed by atoms with van der Waals surface area (Å²) in [7, 11) is 0. The highest BCUT2D eigenvalue weighted by Crippen LogP contribution is 2.51. The highest BCUT2D eigenvalue weighted by atomic mass is 15.0. The normalized spacial score (nSPS) is 12.4. The summed E-state index contributed by atoms with van der Waals surface area (Å²) in [4.78, 5) is 0. The Morgan fingerprint density at radius 2 is 1.57 bits per heavy atom. The zero-order chi connectivity index (χ0) is 20.1. The van der Waals surface area contributed by atoms with Crippen LogP contribution in [0.25, 0.3) is 38.4 Å². The molecular weight excluding hydrogens is 364 g/mol. The largest absolute Gasteiger partial charge is 0.307 e. The summed E-state index contributed by atoms with van der Waals surface area (Å²) < 4.78 is 2.39. The number of hydrogen-bond acceptors (Lipinski definition) is 0. The van der Waals surface area contributed by atoms with Crippen LogP contribution >= 0.6 is 0 Å². The van der Waals surface area contributed by atoms with Gasteiger partial charge in [0.15, 0.2) is 0 Å².